The summed E-state index contributed by atoms with van der Waals surface area (Å²) in [5.41, 5.74) is -0.881. The molecule has 2 aromatic rings. The molecule has 1 heterocycles. The number of nitrogens with zero attached hydrogens (tertiary/aromatic N) is 1. The molecule has 1 aromatic carbocycles. The highest BCUT2D eigenvalue weighted by Gasteiger charge is 2.30. The lowest BCUT2D eigenvalue weighted by Gasteiger charge is -2.09. The molecule has 0 bridgehead atoms. The molecule has 0 saturated heterocycles. The summed E-state index contributed by atoms with van der Waals surface area (Å²) in [6.07, 6.45) is -5.04. The Morgan fingerprint density at radius 2 is 1.90 bits per heavy atom. The van der Waals surface area contributed by atoms with Crippen LogP contribution >= 0.6 is 0 Å². The van der Waals surface area contributed by atoms with Gasteiger partial charge in [0.1, 0.15) is 0 Å². The lowest BCUT2D eigenvalue weighted by molar-refractivity contribution is -0.138. The molecular weight excluding hydrogens is 290 g/mol. The molecule has 0 saturated carbocycles. The zero-order chi connectivity index (χ0) is 15.6. The normalized spacial score (nSPS) is 11.4. The van der Waals surface area contributed by atoms with E-state index < -0.39 is 30.1 Å². The molecule has 1 aromatic heterocycles. The first-order valence-electron chi connectivity index (χ1n) is 5.82. The van der Waals surface area contributed by atoms with Crippen molar-refractivity contribution in [3.05, 3.63) is 53.5 Å². The molecule has 1 N–H and O–H groups in total. The first-order valence-corrected chi connectivity index (χ1v) is 5.82. The Morgan fingerprint density at radius 1 is 1.19 bits per heavy atom. The van der Waals surface area contributed by atoms with Crippen LogP contribution in [-0.2, 0) is 17.4 Å². The van der Waals surface area contributed by atoms with Gasteiger partial charge in [0.05, 0.1) is 17.7 Å². The lowest BCUT2D eigenvalue weighted by Crippen LogP contribution is -2.06. The zero-order valence-corrected chi connectivity index (χ0v) is 10.5. The van der Waals surface area contributed by atoms with E-state index in [2.05, 4.69) is 4.98 Å². The Hall–Kier alpha value is -2.44. The largest absolute Gasteiger partial charge is 0.481 e. The minimum atomic E-state index is -4.50. The first kappa shape index (κ1) is 15.0. The summed E-state index contributed by atoms with van der Waals surface area (Å²) >= 11 is 0. The van der Waals surface area contributed by atoms with E-state index in [4.69, 9.17) is 5.11 Å². The average Bonchev–Trinajstić information content (AvgIpc) is 2.40. The Morgan fingerprint density at radius 3 is 2.48 bits per heavy atom. The van der Waals surface area contributed by atoms with Crippen molar-refractivity contribution in [3.8, 4) is 11.3 Å². The Labute approximate surface area is 116 Å². The van der Waals surface area contributed by atoms with Crippen molar-refractivity contribution in [2.24, 2.45) is 0 Å². The molecular formula is C14H9F4NO2. The van der Waals surface area contributed by atoms with Crippen molar-refractivity contribution in [1.29, 1.82) is 0 Å². The molecule has 3 nitrogen and oxygen atoms in total. The summed E-state index contributed by atoms with van der Waals surface area (Å²) < 4.78 is 51.5. The van der Waals surface area contributed by atoms with Gasteiger partial charge in [0.15, 0.2) is 0 Å². The molecule has 7 heteroatoms. The van der Waals surface area contributed by atoms with E-state index in [0.29, 0.717) is 0 Å². The summed E-state index contributed by atoms with van der Waals surface area (Å²) in [6.45, 7) is 0. The Kier molecular flexibility index (Phi) is 3.93. The van der Waals surface area contributed by atoms with Gasteiger partial charge in [0.25, 0.3) is 0 Å². The number of halogens is 4. The van der Waals surface area contributed by atoms with Crippen LogP contribution in [-0.4, -0.2) is 16.1 Å². The third-order valence-corrected chi connectivity index (χ3v) is 2.75. The standard InChI is InChI=1S/C14H9F4NO2/c15-13-9(7-12(20)21)4-5-11(19-13)8-2-1-3-10(6-8)14(16,17)18/h1-6H,7H2,(H,20,21). The van der Waals surface area contributed by atoms with Crippen LogP contribution in [0.1, 0.15) is 11.1 Å². The van der Waals surface area contributed by atoms with Crippen molar-refractivity contribution in [3.63, 3.8) is 0 Å². The van der Waals surface area contributed by atoms with Crippen LogP contribution in [0.5, 0.6) is 0 Å². The third-order valence-electron chi connectivity index (χ3n) is 2.75. The van der Waals surface area contributed by atoms with E-state index in [1.165, 1.54) is 24.3 Å². The number of hydrogen-bond donors (Lipinski definition) is 1. The van der Waals surface area contributed by atoms with E-state index in [0.717, 1.165) is 12.1 Å². The summed E-state index contributed by atoms with van der Waals surface area (Å²) in [5.74, 6) is -2.23. The minimum Gasteiger partial charge on any atom is -0.481 e. The van der Waals surface area contributed by atoms with Crippen molar-refractivity contribution in [2.75, 3.05) is 0 Å². The van der Waals surface area contributed by atoms with Gasteiger partial charge in [0.2, 0.25) is 5.95 Å². The maximum atomic E-state index is 13.6. The monoisotopic (exact) mass is 299 g/mol. The molecule has 21 heavy (non-hydrogen) atoms. The van der Waals surface area contributed by atoms with E-state index in [-0.39, 0.29) is 16.8 Å². The van der Waals surface area contributed by atoms with Gasteiger partial charge in [-0.2, -0.15) is 17.6 Å². The number of carboxylic acids is 1. The fraction of sp³-hybridized carbons (Fsp3) is 0.143. The summed E-state index contributed by atoms with van der Waals surface area (Å²) in [4.78, 5) is 14.0. The topological polar surface area (TPSA) is 50.2 Å². The highest BCUT2D eigenvalue weighted by molar-refractivity contribution is 5.70. The third kappa shape index (κ3) is 3.56. The molecule has 0 unspecified atom stereocenters. The van der Waals surface area contributed by atoms with Gasteiger partial charge in [-0.05, 0) is 18.2 Å². The van der Waals surface area contributed by atoms with Crippen LogP contribution in [0.25, 0.3) is 11.3 Å². The van der Waals surface area contributed by atoms with Gasteiger partial charge in [-0.3, -0.25) is 4.79 Å². The van der Waals surface area contributed by atoms with Crippen LogP contribution in [0, 0.1) is 5.95 Å². The number of rotatable bonds is 3. The maximum absolute atomic E-state index is 13.6. The predicted octanol–water partition coefficient (Wildman–Crippen LogP) is 3.53. The Bertz CT molecular complexity index is 683. The lowest BCUT2D eigenvalue weighted by atomic mass is 10.1. The number of benzene rings is 1. The van der Waals surface area contributed by atoms with Gasteiger partial charge in [-0.1, -0.05) is 18.2 Å². The van der Waals surface area contributed by atoms with Crippen LogP contribution < -0.4 is 0 Å². The van der Waals surface area contributed by atoms with Crippen molar-refractivity contribution >= 4 is 5.97 Å². The molecule has 0 amide bonds. The van der Waals surface area contributed by atoms with Gasteiger partial charge in [-0.15, -0.1) is 0 Å². The van der Waals surface area contributed by atoms with E-state index >= 15 is 0 Å². The predicted molar refractivity (Wildman–Crippen MR) is 66.0 cm³/mol. The van der Waals surface area contributed by atoms with Crippen molar-refractivity contribution in [1.82, 2.24) is 4.98 Å². The fourth-order valence-corrected chi connectivity index (χ4v) is 1.77. The average molecular weight is 299 g/mol. The second-order valence-corrected chi connectivity index (χ2v) is 4.30. The van der Waals surface area contributed by atoms with E-state index in [9.17, 15) is 22.4 Å². The highest BCUT2D eigenvalue weighted by atomic mass is 19.4. The fourth-order valence-electron chi connectivity index (χ4n) is 1.77. The van der Waals surface area contributed by atoms with Crippen LogP contribution in [0.2, 0.25) is 0 Å². The Balaban J connectivity index is 2.39. The van der Waals surface area contributed by atoms with Gasteiger partial charge in [0, 0.05) is 11.1 Å². The molecule has 0 fully saturated rings. The van der Waals surface area contributed by atoms with Crippen LogP contribution in [0.15, 0.2) is 36.4 Å². The maximum Gasteiger partial charge on any atom is 0.416 e. The van der Waals surface area contributed by atoms with E-state index in [1.807, 2.05) is 0 Å². The second kappa shape index (κ2) is 5.51. The van der Waals surface area contributed by atoms with Crippen molar-refractivity contribution < 1.29 is 27.5 Å². The number of hydrogen-bond acceptors (Lipinski definition) is 2. The van der Waals surface area contributed by atoms with E-state index in [1.54, 1.807) is 0 Å². The molecule has 0 atom stereocenters. The summed E-state index contributed by atoms with van der Waals surface area (Å²) in [6, 6.07) is 6.82. The number of aliphatic carboxylic acids is 1. The van der Waals surface area contributed by atoms with Crippen LogP contribution in [0.4, 0.5) is 17.6 Å². The molecule has 0 aliphatic rings. The highest BCUT2D eigenvalue weighted by Crippen LogP contribution is 2.31. The van der Waals surface area contributed by atoms with Gasteiger partial charge < -0.3 is 5.11 Å². The van der Waals surface area contributed by atoms with Gasteiger partial charge >= 0.3 is 12.1 Å². The van der Waals surface area contributed by atoms with Gasteiger partial charge in [-0.25, -0.2) is 4.98 Å². The second-order valence-electron chi connectivity index (χ2n) is 4.30. The smallest absolute Gasteiger partial charge is 0.416 e. The SMILES string of the molecule is O=C(O)Cc1ccc(-c2cccc(C(F)(F)F)c2)nc1F. The molecule has 0 spiro atoms. The van der Waals surface area contributed by atoms with Crippen LogP contribution in [0.3, 0.4) is 0 Å². The number of carbonyl (C=O) groups is 1. The first-order chi connectivity index (χ1) is 9.77. The summed E-state index contributed by atoms with van der Waals surface area (Å²) in [5, 5.41) is 8.58. The number of carboxylic acid groups (broad SMARTS) is 1. The number of aromatic nitrogens is 1. The number of alkyl halides is 3. The summed E-state index contributed by atoms with van der Waals surface area (Å²) in [7, 11) is 0. The number of pyridine rings is 1. The molecule has 0 radical (unpaired) electrons. The van der Waals surface area contributed by atoms with Crippen molar-refractivity contribution in [2.45, 2.75) is 12.6 Å². The molecule has 0 aliphatic heterocycles. The molecule has 0 aliphatic carbocycles. The molecule has 2 rings (SSSR count). The minimum absolute atomic E-state index is 0.00717. The molecule has 110 valence electrons. The zero-order valence-electron chi connectivity index (χ0n) is 10.5. The quantitative estimate of drug-likeness (QED) is 0.696.